The quantitative estimate of drug-likeness (QED) is 0.875. The van der Waals surface area contributed by atoms with Gasteiger partial charge in [-0.2, -0.15) is 0 Å². The second kappa shape index (κ2) is 5.43. The van der Waals surface area contributed by atoms with Gasteiger partial charge in [0.15, 0.2) is 0 Å². The van der Waals surface area contributed by atoms with Crippen LogP contribution in [0.5, 0.6) is 0 Å². The van der Waals surface area contributed by atoms with Gasteiger partial charge in [-0.15, -0.1) is 0 Å². The summed E-state index contributed by atoms with van der Waals surface area (Å²) < 4.78 is 0. The van der Waals surface area contributed by atoms with Crippen LogP contribution in [0.1, 0.15) is 69.9 Å². The number of carboxylic acid groups (broad SMARTS) is 2. The molecule has 0 amide bonds. The summed E-state index contributed by atoms with van der Waals surface area (Å²) in [5, 5.41) is 18.5. The Labute approximate surface area is 112 Å². The molecular formula is C15H18O4. The maximum Gasteiger partial charge on any atom is 0.336 e. The van der Waals surface area contributed by atoms with Crippen molar-refractivity contribution in [2.45, 2.75) is 44.9 Å². The van der Waals surface area contributed by atoms with Crippen LogP contribution >= 0.6 is 0 Å². The number of hydrogen-bond donors (Lipinski definition) is 2. The minimum absolute atomic E-state index is 0.0805. The van der Waals surface area contributed by atoms with Crippen molar-refractivity contribution in [3.63, 3.8) is 0 Å². The van der Waals surface area contributed by atoms with E-state index in [1.54, 1.807) is 13.0 Å². The smallest absolute Gasteiger partial charge is 0.336 e. The summed E-state index contributed by atoms with van der Waals surface area (Å²) in [7, 11) is 0. The topological polar surface area (TPSA) is 74.6 Å². The first-order valence-corrected chi connectivity index (χ1v) is 6.62. The summed E-state index contributed by atoms with van der Waals surface area (Å²) in [6.45, 7) is 1.58. The number of rotatable bonds is 3. The van der Waals surface area contributed by atoms with E-state index in [9.17, 15) is 14.7 Å². The van der Waals surface area contributed by atoms with Crippen LogP contribution in [0.15, 0.2) is 12.1 Å². The third-order valence-electron chi connectivity index (χ3n) is 3.99. The zero-order chi connectivity index (χ0) is 14.0. The SMILES string of the molecule is Cc1c(C(=O)O)ccc(C2CCCCC2)c1C(=O)O. The van der Waals surface area contributed by atoms with Crippen LogP contribution in [-0.4, -0.2) is 22.2 Å². The van der Waals surface area contributed by atoms with Gasteiger partial charge in [-0.3, -0.25) is 0 Å². The van der Waals surface area contributed by atoms with Crippen molar-refractivity contribution in [3.05, 3.63) is 34.4 Å². The first-order valence-electron chi connectivity index (χ1n) is 6.62. The van der Waals surface area contributed by atoms with Gasteiger partial charge in [0.05, 0.1) is 11.1 Å². The largest absolute Gasteiger partial charge is 0.478 e. The minimum atomic E-state index is -1.07. The summed E-state index contributed by atoms with van der Waals surface area (Å²) >= 11 is 0. The van der Waals surface area contributed by atoms with Crippen LogP contribution in [0.3, 0.4) is 0 Å². The highest BCUT2D eigenvalue weighted by Gasteiger charge is 2.25. The van der Waals surface area contributed by atoms with Crippen molar-refractivity contribution in [2.75, 3.05) is 0 Å². The molecule has 2 N–H and O–H groups in total. The number of hydrogen-bond acceptors (Lipinski definition) is 2. The second-order valence-electron chi connectivity index (χ2n) is 5.15. The summed E-state index contributed by atoms with van der Waals surface area (Å²) in [4.78, 5) is 22.6. The molecule has 4 heteroatoms. The van der Waals surface area contributed by atoms with Crippen molar-refractivity contribution in [1.29, 1.82) is 0 Å². The Morgan fingerprint density at radius 1 is 1.05 bits per heavy atom. The lowest BCUT2D eigenvalue weighted by Gasteiger charge is -2.24. The van der Waals surface area contributed by atoms with E-state index < -0.39 is 11.9 Å². The Morgan fingerprint density at radius 2 is 1.68 bits per heavy atom. The molecule has 0 bridgehead atoms. The molecule has 0 spiro atoms. The molecule has 1 aromatic rings. The average Bonchev–Trinajstić information content (AvgIpc) is 2.38. The normalized spacial score (nSPS) is 16.3. The number of carbonyl (C=O) groups is 2. The molecule has 1 fully saturated rings. The second-order valence-corrected chi connectivity index (χ2v) is 5.15. The van der Waals surface area contributed by atoms with E-state index in [2.05, 4.69) is 0 Å². The Bertz CT molecular complexity index is 513. The van der Waals surface area contributed by atoms with Crippen molar-refractivity contribution in [3.8, 4) is 0 Å². The molecular weight excluding hydrogens is 244 g/mol. The summed E-state index contributed by atoms with van der Waals surface area (Å²) in [6, 6.07) is 3.23. The number of benzene rings is 1. The molecule has 1 saturated carbocycles. The van der Waals surface area contributed by atoms with Gasteiger partial charge in [0, 0.05) is 0 Å². The third kappa shape index (κ3) is 2.62. The van der Waals surface area contributed by atoms with E-state index in [0.717, 1.165) is 31.2 Å². The molecule has 0 saturated heterocycles. The van der Waals surface area contributed by atoms with Gasteiger partial charge in [-0.25, -0.2) is 9.59 Å². The molecule has 4 nitrogen and oxygen atoms in total. The maximum atomic E-state index is 11.5. The zero-order valence-corrected chi connectivity index (χ0v) is 11.0. The van der Waals surface area contributed by atoms with E-state index in [1.807, 2.05) is 0 Å². The Kier molecular flexibility index (Phi) is 3.88. The van der Waals surface area contributed by atoms with E-state index in [4.69, 9.17) is 5.11 Å². The Morgan fingerprint density at radius 3 is 2.21 bits per heavy atom. The van der Waals surface area contributed by atoms with Gasteiger partial charge in [0.25, 0.3) is 0 Å². The van der Waals surface area contributed by atoms with Crippen LogP contribution < -0.4 is 0 Å². The third-order valence-corrected chi connectivity index (χ3v) is 3.99. The number of carboxylic acids is 2. The highest BCUT2D eigenvalue weighted by atomic mass is 16.4. The van der Waals surface area contributed by atoms with E-state index in [-0.39, 0.29) is 17.0 Å². The monoisotopic (exact) mass is 262 g/mol. The molecule has 2 rings (SSSR count). The Hall–Kier alpha value is -1.84. The Balaban J connectivity index is 2.51. The van der Waals surface area contributed by atoms with Gasteiger partial charge in [-0.05, 0) is 42.9 Å². The fourth-order valence-corrected chi connectivity index (χ4v) is 3.00. The lowest BCUT2D eigenvalue weighted by Crippen LogP contribution is -2.15. The lowest BCUT2D eigenvalue weighted by molar-refractivity contribution is 0.0694. The summed E-state index contributed by atoms with van der Waals surface area (Å²) in [5.41, 5.74) is 1.43. The highest BCUT2D eigenvalue weighted by Crippen LogP contribution is 2.36. The molecule has 0 radical (unpaired) electrons. The fourth-order valence-electron chi connectivity index (χ4n) is 3.00. The van der Waals surface area contributed by atoms with E-state index in [1.165, 1.54) is 12.5 Å². The van der Waals surface area contributed by atoms with Crippen LogP contribution in [-0.2, 0) is 0 Å². The van der Waals surface area contributed by atoms with Crippen molar-refractivity contribution >= 4 is 11.9 Å². The highest BCUT2D eigenvalue weighted by molar-refractivity contribution is 5.97. The molecule has 0 aromatic heterocycles. The fraction of sp³-hybridized carbons (Fsp3) is 0.467. The summed E-state index contributed by atoms with van der Waals surface area (Å²) in [5.74, 6) is -1.85. The number of aromatic carboxylic acids is 2. The van der Waals surface area contributed by atoms with E-state index >= 15 is 0 Å². The molecule has 0 atom stereocenters. The predicted octanol–water partition coefficient (Wildman–Crippen LogP) is 3.44. The predicted molar refractivity (Wildman–Crippen MR) is 70.9 cm³/mol. The van der Waals surface area contributed by atoms with Crippen LogP contribution in [0, 0.1) is 6.92 Å². The molecule has 0 unspecified atom stereocenters. The van der Waals surface area contributed by atoms with Gasteiger partial charge >= 0.3 is 11.9 Å². The van der Waals surface area contributed by atoms with Crippen molar-refractivity contribution in [1.82, 2.24) is 0 Å². The molecule has 0 aliphatic heterocycles. The summed E-state index contributed by atoms with van der Waals surface area (Å²) in [6.07, 6.45) is 5.41. The molecule has 1 aromatic carbocycles. The van der Waals surface area contributed by atoms with E-state index in [0.29, 0.717) is 5.56 Å². The standard InChI is InChI=1S/C15H18O4/c1-9-11(14(16)17)7-8-12(13(9)15(18)19)10-5-3-2-4-6-10/h7-8,10H,2-6H2,1H3,(H,16,17)(H,18,19). The minimum Gasteiger partial charge on any atom is -0.478 e. The molecule has 1 aliphatic carbocycles. The maximum absolute atomic E-state index is 11.5. The van der Waals surface area contributed by atoms with Crippen LogP contribution in [0.4, 0.5) is 0 Å². The molecule has 19 heavy (non-hydrogen) atoms. The first-order chi connectivity index (χ1) is 9.02. The molecule has 102 valence electrons. The molecule has 0 heterocycles. The van der Waals surface area contributed by atoms with Crippen molar-refractivity contribution in [2.24, 2.45) is 0 Å². The molecule has 1 aliphatic rings. The van der Waals surface area contributed by atoms with Gasteiger partial charge in [0.1, 0.15) is 0 Å². The average molecular weight is 262 g/mol. The van der Waals surface area contributed by atoms with Gasteiger partial charge in [0.2, 0.25) is 0 Å². The first kappa shape index (κ1) is 13.6. The zero-order valence-electron chi connectivity index (χ0n) is 11.0. The van der Waals surface area contributed by atoms with Gasteiger partial charge in [-0.1, -0.05) is 25.3 Å². The lowest BCUT2D eigenvalue weighted by atomic mass is 9.80. The van der Waals surface area contributed by atoms with Crippen LogP contribution in [0.2, 0.25) is 0 Å². The van der Waals surface area contributed by atoms with Crippen LogP contribution in [0.25, 0.3) is 0 Å². The van der Waals surface area contributed by atoms with Crippen molar-refractivity contribution < 1.29 is 19.8 Å². The van der Waals surface area contributed by atoms with Gasteiger partial charge < -0.3 is 10.2 Å².